The summed E-state index contributed by atoms with van der Waals surface area (Å²) in [6, 6.07) is 9.84. The zero-order chi connectivity index (χ0) is 13.9. The molecule has 0 unspecified atom stereocenters. The summed E-state index contributed by atoms with van der Waals surface area (Å²) < 4.78 is 23.3. The van der Waals surface area contributed by atoms with Crippen LogP contribution in [0.3, 0.4) is 0 Å². The van der Waals surface area contributed by atoms with Crippen molar-refractivity contribution in [2.24, 2.45) is 0 Å². The molecule has 2 heterocycles. The molecule has 5 heteroatoms. The molecule has 2 aromatic heterocycles. The first-order chi connectivity index (χ1) is 9.74. The number of hydrogen-bond donors (Lipinski definition) is 1. The Morgan fingerprint density at radius 3 is 2.60 bits per heavy atom. The van der Waals surface area contributed by atoms with Gasteiger partial charge in [-0.25, -0.2) is 4.39 Å². The summed E-state index contributed by atoms with van der Waals surface area (Å²) in [7, 11) is 0. The van der Waals surface area contributed by atoms with E-state index in [9.17, 15) is 4.39 Å². The van der Waals surface area contributed by atoms with E-state index in [2.05, 4.69) is 5.16 Å². The van der Waals surface area contributed by atoms with Crippen molar-refractivity contribution in [1.82, 2.24) is 5.16 Å². The summed E-state index contributed by atoms with van der Waals surface area (Å²) in [6.07, 6.45) is 2.97. The maximum absolute atomic E-state index is 13.0. The number of nitrogens with zero attached hydrogens (tertiary/aromatic N) is 1. The predicted molar refractivity (Wildman–Crippen MR) is 72.4 cm³/mol. The Kier molecular flexibility index (Phi) is 3.25. The van der Waals surface area contributed by atoms with E-state index in [0.717, 1.165) is 22.6 Å². The highest BCUT2D eigenvalue weighted by molar-refractivity contribution is 5.74. The van der Waals surface area contributed by atoms with Gasteiger partial charge in [-0.05, 0) is 29.8 Å². The number of benzene rings is 1. The molecule has 0 aliphatic carbocycles. The molecule has 2 N–H and O–H groups in total. The number of halogens is 1. The molecular weight excluding hydrogens is 259 g/mol. The maximum atomic E-state index is 13.0. The molecule has 0 radical (unpaired) electrons. The van der Waals surface area contributed by atoms with Crippen LogP contribution in [0.5, 0.6) is 0 Å². The van der Waals surface area contributed by atoms with Crippen molar-refractivity contribution in [2.75, 3.05) is 5.73 Å². The van der Waals surface area contributed by atoms with E-state index in [4.69, 9.17) is 14.7 Å². The Morgan fingerprint density at radius 2 is 1.90 bits per heavy atom. The maximum Gasteiger partial charge on any atom is 0.230 e. The largest absolute Gasteiger partial charge is 0.469 e. The lowest BCUT2D eigenvalue weighted by Gasteiger charge is -2.02. The van der Waals surface area contributed by atoms with Gasteiger partial charge in [-0.1, -0.05) is 17.3 Å². The van der Waals surface area contributed by atoms with E-state index in [0.29, 0.717) is 12.8 Å². The van der Waals surface area contributed by atoms with Crippen molar-refractivity contribution in [1.29, 1.82) is 0 Å². The Labute approximate surface area is 115 Å². The SMILES string of the molecule is Nc1onc(CCc2ccco2)c1-c1ccc(F)cc1. The van der Waals surface area contributed by atoms with Gasteiger partial charge in [-0.15, -0.1) is 0 Å². The molecule has 3 rings (SSSR count). The van der Waals surface area contributed by atoms with Gasteiger partial charge in [0.2, 0.25) is 5.88 Å². The third-order valence-electron chi connectivity index (χ3n) is 3.11. The lowest BCUT2D eigenvalue weighted by Crippen LogP contribution is -1.94. The van der Waals surface area contributed by atoms with Gasteiger partial charge in [-0.3, -0.25) is 0 Å². The minimum Gasteiger partial charge on any atom is -0.469 e. The van der Waals surface area contributed by atoms with Gasteiger partial charge in [0.1, 0.15) is 11.6 Å². The number of aryl methyl sites for hydroxylation is 2. The van der Waals surface area contributed by atoms with Gasteiger partial charge in [0.15, 0.2) is 0 Å². The van der Waals surface area contributed by atoms with E-state index >= 15 is 0 Å². The molecular formula is C15H13FN2O2. The van der Waals surface area contributed by atoms with Crippen LogP contribution in [0.1, 0.15) is 11.5 Å². The first-order valence-electron chi connectivity index (χ1n) is 6.26. The average Bonchev–Trinajstić information content (AvgIpc) is 3.07. The second-order valence-electron chi connectivity index (χ2n) is 4.45. The first-order valence-corrected chi connectivity index (χ1v) is 6.26. The van der Waals surface area contributed by atoms with Crippen molar-refractivity contribution in [3.05, 3.63) is 59.9 Å². The quantitative estimate of drug-likeness (QED) is 0.790. The van der Waals surface area contributed by atoms with Crippen LogP contribution in [-0.2, 0) is 12.8 Å². The summed E-state index contributed by atoms with van der Waals surface area (Å²) in [4.78, 5) is 0. The van der Waals surface area contributed by atoms with Gasteiger partial charge in [0, 0.05) is 12.8 Å². The molecule has 4 nitrogen and oxygen atoms in total. The lowest BCUT2D eigenvalue weighted by molar-refractivity contribution is 0.425. The van der Waals surface area contributed by atoms with Crippen LogP contribution in [0.4, 0.5) is 10.3 Å². The molecule has 102 valence electrons. The van der Waals surface area contributed by atoms with Gasteiger partial charge in [0.25, 0.3) is 0 Å². The van der Waals surface area contributed by atoms with Crippen LogP contribution in [0.25, 0.3) is 11.1 Å². The van der Waals surface area contributed by atoms with Crippen LogP contribution in [0.2, 0.25) is 0 Å². The molecule has 0 aliphatic rings. The van der Waals surface area contributed by atoms with Gasteiger partial charge in [0.05, 0.1) is 17.5 Å². The number of rotatable bonds is 4. The van der Waals surface area contributed by atoms with E-state index in [1.54, 1.807) is 18.4 Å². The fraction of sp³-hybridized carbons (Fsp3) is 0.133. The van der Waals surface area contributed by atoms with E-state index < -0.39 is 0 Å². The lowest BCUT2D eigenvalue weighted by atomic mass is 10.0. The monoisotopic (exact) mass is 272 g/mol. The summed E-state index contributed by atoms with van der Waals surface area (Å²) in [5.74, 6) is 0.823. The Balaban J connectivity index is 1.87. The second kappa shape index (κ2) is 5.21. The Hall–Kier alpha value is -2.56. The summed E-state index contributed by atoms with van der Waals surface area (Å²) in [5.41, 5.74) is 8.07. The zero-order valence-electron chi connectivity index (χ0n) is 10.7. The van der Waals surface area contributed by atoms with Crippen molar-refractivity contribution >= 4 is 5.88 Å². The molecule has 0 atom stereocenters. The molecule has 0 amide bonds. The summed E-state index contributed by atoms with van der Waals surface area (Å²) >= 11 is 0. The molecule has 0 aliphatic heterocycles. The van der Waals surface area contributed by atoms with Crippen molar-refractivity contribution in [3.8, 4) is 11.1 Å². The van der Waals surface area contributed by atoms with Gasteiger partial charge >= 0.3 is 0 Å². The normalized spacial score (nSPS) is 10.8. The topological polar surface area (TPSA) is 65.2 Å². The Bertz CT molecular complexity index is 687. The van der Waals surface area contributed by atoms with Crippen LogP contribution >= 0.6 is 0 Å². The van der Waals surface area contributed by atoms with E-state index in [-0.39, 0.29) is 11.7 Å². The number of aromatic nitrogens is 1. The summed E-state index contributed by atoms with van der Waals surface area (Å²) in [5, 5.41) is 3.98. The summed E-state index contributed by atoms with van der Waals surface area (Å²) in [6.45, 7) is 0. The van der Waals surface area contributed by atoms with Gasteiger partial charge < -0.3 is 14.7 Å². The second-order valence-corrected chi connectivity index (χ2v) is 4.45. The molecule has 0 saturated carbocycles. The third kappa shape index (κ3) is 2.42. The van der Waals surface area contributed by atoms with E-state index in [1.165, 1.54) is 12.1 Å². The van der Waals surface area contributed by atoms with Crippen molar-refractivity contribution in [2.45, 2.75) is 12.8 Å². The number of anilines is 1. The minimum absolute atomic E-state index is 0.242. The standard InChI is InChI=1S/C15H13FN2O2/c16-11-5-3-10(4-6-11)14-13(18-20-15(14)17)8-7-12-2-1-9-19-12/h1-6,9H,7-8,17H2. The van der Waals surface area contributed by atoms with Crippen LogP contribution < -0.4 is 5.73 Å². The number of hydrogen-bond acceptors (Lipinski definition) is 4. The predicted octanol–water partition coefficient (Wildman–Crippen LogP) is 3.44. The molecule has 0 spiro atoms. The van der Waals surface area contributed by atoms with Crippen LogP contribution in [-0.4, -0.2) is 5.16 Å². The number of nitrogen functional groups attached to an aromatic ring is 1. The smallest absolute Gasteiger partial charge is 0.230 e. The average molecular weight is 272 g/mol. The first kappa shape index (κ1) is 12.5. The fourth-order valence-corrected chi connectivity index (χ4v) is 2.13. The molecule has 1 aromatic carbocycles. The zero-order valence-corrected chi connectivity index (χ0v) is 10.7. The van der Waals surface area contributed by atoms with Crippen molar-refractivity contribution < 1.29 is 13.3 Å². The number of nitrogens with two attached hydrogens (primary N) is 1. The highest BCUT2D eigenvalue weighted by Gasteiger charge is 2.16. The molecule has 0 fully saturated rings. The van der Waals surface area contributed by atoms with Gasteiger partial charge in [-0.2, -0.15) is 0 Å². The fourth-order valence-electron chi connectivity index (χ4n) is 2.13. The third-order valence-corrected chi connectivity index (χ3v) is 3.11. The molecule has 3 aromatic rings. The van der Waals surface area contributed by atoms with E-state index in [1.807, 2.05) is 12.1 Å². The highest BCUT2D eigenvalue weighted by Crippen LogP contribution is 2.30. The van der Waals surface area contributed by atoms with Crippen LogP contribution in [0, 0.1) is 5.82 Å². The number of furan rings is 1. The molecule has 0 saturated heterocycles. The van der Waals surface area contributed by atoms with Crippen molar-refractivity contribution in [3.63, 3.8) is 0 Å². The molecule has 20 heavy (non-hydrogen) atoms. The van der Waals surface area contributed by atoms with Crippen LogP contribution in [0.15, 0.2) is 51.6 Å². The highest BCUT2D eigenvalue weighted by atomic mass is 19.1. The minimum atomic E-state index is -0.291. The Morgan fingerprint density at radius 1 is 1.10 bits per heavy atom. The molecule has 0 bridgehead atoms.